The molecule has 61 heavy (non-hydrogen) atoms. The van der Waals surface area contributed by atoms with Crippen molar-refractivity contribution < 1.29 is 28.8 Å². The minimum Gasteiger partial charge on any atom is -0.404 e. The van der Waals surface area contributed by atoms with E-state index in [9.17, 15) is 28.8 Å². The van der Waals surface area contributed by atoms with Crippen LogP contribution in [0.2, 0.25) is 0 Å². The molecule has 2 saturated heterocycles. The van der Waals surface area contributed by atoms with E-state index in [2.05, 4.69) is 25.6 Å². The van der Waals surface area contributed by atoms with Crippen molar-refractivity contribution in [3.05, 3.63) is 101 Å². The lowest BCUT2D eigenvalue weighted by Gasteiger charge is -2.36. The molecule has 2 fully saturated rings. The molecular formula is C46H57N9O6. The summed E-state index contributed by atoms with van der Waals surface area (Å²) in [5.41, 5.74) is 9.09. The van der Waals surface area contributed by atoms with Gasteiger partial charge in [-0.15, -0.1) is 0 Å². The first-order chi connectivity index (χ1) is 28.9. The number of nitrogens with two attached hydrogens (primary N) is 1. The topological polar surface area (TPSA) is 200 Å². The quantitative estimate of drug-likeness (QED) is 0.105. The van der Waals surface area contributed by atoms with Gasteiger partial charge in [0.15, 0.2) is 11.6 Å². The first kappa shape index (κ1) is 45.6. The van der Waals surface area contributed by atoms with Gasteiger partial charge in [0.25, 0.3) is 0 Å². The predicted molar refractivity (Wildman–Crippen MR) is 236 cm³/mol. The largest absolute Gasteiger partial charge is 0.404 e. The number of likely N-dealkylation sites (tertiary alicyclic amines) is 1. The van der Waals surface area contributed by atoms with Crippen LogP contribution < -0.4 is 21.3 Å². The molecule has 0 unspecified atom stereocenters. The molecular weight excluding hydrogens is 775 g/mol. The highest BCUT2D eigenvalue weighted by atomic mass is 16.2. The number of pyridine rings is 1. The monoisotopic (exact) mass is 831 g/mol. The van der Waals surface area contributed by atoms with Crippen molar-refractivity contribution in [2.24, 2.45) is 27.6 Å². The lowest BCUT2D eigenvalue weighted by molar-refractivity contribution is -0.143. The number of hydrogen-bond acceptors (Lipinski definition) is 9. The van der Waals surface area contributed by atoms with Gasteiger partial charge in [0, 0.05) is 54.6 Å². The number of amides is 5. The van der Waals surface area contributed by atoms with E-state index in [1.807, 2.05) is 70.2 Å². The zero-order valence-corrected chi connectivity index (χ0v) is 36.3. The maximum absolute atomic E-state index is 14.5. The average molecular weight is 832 g/mol. The Hall–Kier alpha value is -6.51. The molecule has 3 heterocycles. The second-order valence-electron chi connectivity index (χ2n) is 16.6. The molecule has 0 aliphatic carbocycles. The number of Topliss-reactive ketones (excluding diaryl/α,β-unsaturated/α-hetero) is 2. The summed E-state index contributed by atoms with van der Waals surface area (Å²) in [4.78, 5) is 99.4. The van der Waals surface area contributed by atoms with Crippen molar-refractivity contribution in [3.63, 3.8) is 0 Å². The Bertz CT molecular complexity index is 2230. The van der Waals surface area contributed by atoms with E-state index in [4.69, 9.17) is 5.73 Å². The Morgan fingerprint density at radius 1 is 1.03 bits per heavy atom. The number of hydrogen-bond donors (Lipinski definition) is 3. The minimum atomic E-state index is -1.38. The number of aromatic nitrogens is 1. The maximum atomic E-state index is 14.5. The van der Waals surface area contributed by atoms with E-state index in [0.717, 1.165) is 16.8 Å². The third kappa shape index (κ3) is 11.0. The van der Waals surface area contributed by atoms with E-state index in [1.165, 1.54) is 34.2 Å². The molecule has 1 aromatic heterocycles. The van der Waals surface area contributed by atoms with Gasteiger partial charge >= 0.3 is 6.03 Å². The maximum Gasteiger partial charge on any atom is 0.330 e. The van der Waals surface area contributed by atoms with Crippen LogP contribution in [0.4, 0.5) is 16.2 Å². The lowest BCUT2D eigenvalue weighted by Crippen LogP contribution is -2.61. The van der Waals surface area contributed by atoms with E-state index in [1.54, 1.807) is 45.3 Å². The zero-order chi connectivity index (χ0) is 44.6. The normalized spacial score (nSPS) is 18.2. The Kier molecular flexibility index (Phi) is 14.7. The van der Waals surface area contributed by atoms with Crippen LogP contribution in [0.5, 0.6) is 0 Å². The van der Waals surface area contributed by atoms with E-state index in [-0.39, 0.29) is 42.8 Å². The second kappa shape index (κ2) is 19.7. The van der Waals surface area contributed by atoms with Crippen molar-refractivity contribution in [3.8, 4) is 0 Å². The number of carbonyl (C=O) groups excluding carboxylic acids is 6. The summed E-state index contributed by atoms with van der Waals surface area (Å²) in [7, 11) is 1.58. The van der Waals surface area contributed by atoms with Crippen molar-refractivity contribution >= 4 is 58.9 Å². The molecule has 2 aliphatic rings. The summed E-state index contributed by atoms with van der Waals surface area (Å²) in [5, 5.41) is 5.57. The molecule has 3 atom stereocenters. The third-order valence-electron chi connectivity index (χ3n) is 11.1. The number of benzene rings is 2. The molecule has 0 spiro atoms. The number of rotatable bonds is 15. The third-order valence-corrected chi connectivity index (χ3v) is 11.1. The molecule has 15 heteroatoms. The number of nitrogens with one attached hydrogen (secondary N) is 2. The van der Waals surface area contributed by atoms with Crippen LogP contribution in [0.1, 0.15) is 81.1 Å². The van der Waals surface area contributed by atoms with Gasteiger partial charge in [0.2, 0.25) is 17.7 Å². The van der Waals surface area contributed by atoms with Gasteiger partial charge in [-0.05, 0) is 89.1 Å². The Morgan fingerprint density at radius 3 is 2.39 bits per heavy atom. The first-order valence-electron chi connectivity index (χ1n) is 20.5. The summed E-state index contributed by atoms with van der Waals surface area (Å²) in [6, 6.07) is 16.2. The van der Waals surface area contributed by atoms with Crippen LogP contribution in [-0.2, 0) is 25.6 Å². The van der Waals surface area contributed by atoms with Gasteiger partial charge in [-0.3, -0.25) is 38.8 Å². The van der Waals surface area contributed by atoms with Crippen LogP contribution in [0.15, 0.2) is 88.6 Å². The summed E-state index contributed by atoms with van der Waals surface area (Å²) in [6.45, 7) is 12.3. The predicted octanol–water partition coefficient (Wildman–Crippen LogP) is 5.22. The highest BCUT2D eigenvalue weighted by Gasteiger charge is 2.41. The Morgan fingerprint density at radius 2 is 1.75 bits per heavy atom. The number of aryl methyl sites for hydroxylation is 2. The molecule has 3 aromatic rings. The molecule has 5 amide bonds. The summed E-state index contributed by atoms with van der Waals surface area (Å²) in [5.74, 6) is -2.50. The van der Waals surface area contributed by atoms with Gasteiger partial charge in [-0.1, -0.05) is 56.3 Å². The summed E-state index contributed by atoms with van der Waals surface area (Å²) < 4.78 is 0. The van der Waals surface area contributed by atoms with Crippen molar-refractivity contribution in [2.45, 2.75) is 91.8 Å². The fourth-order valence-electron chi connectivity index (χ4n) is 7.57. The van der Waals surface area contributed by atoms with Gasteiger partial charge < -0.3 is 21.3 Å². The molecule has 4 N–H and O–H groups in total. The smallest absolute Gasteiger partial charge is 0.330 e. The van der Waals surface area contributed by atoms with Crippen LogP contribution in [0.3, 0.4) is 0 Å². The fraction of sp³-hybridized carbons (Fsp3) is 0.413. The van der Waals surface area contributed by atoms with Crippen LogP contribution in [0.25, 0.3) is 0 Å². The fourth-order valence-corrected chi connectivity index (χ4v) is 7.57. The standard InChI is InChI=1S/C46H57N9O6/c1-28(2)40(31(5)56)51-44(60)46(6,7)52-42(58)37-15-12-20-54(37)43(59)34(21-32-13-10-9-11-14-32)23-39(57)33-18-16-29(3)38(22-33)55-26-35(24-47)41(53(8)45(55)61)50-27-49-36-19-17-30(4)48-25-36/h9-11,13-14,16-19,22,24-25,27-28,34,37,40H,12,15,20-21,23,26,47H2,1-8H3,(H,51,60)(H,52,58)/t34-,37+,40+/m1/s1. The number of anilines is 1. The van der Waals surface area contributed by atoms with E-state index < -0.39 is 41.4 Å². The second-order valence-corrected chi connectivity index (χ2v) is 16.6. The molecule has 2 aromatic carbocycles. The number of ketones is 2. The number of likely N-dealkylation sites (N-methyl/N-ethyl adjacent to an activating group) is 1. The Labute approximate surface area is 357 Å². The number of aliphatic imine (C=N–C) groups is 2. The molecule has 0 radical (unpaired) electrons. The summed E-state index contributed by atoms with van der Waals surface area (Å²) >= 11 is 0. The first-order valence-corrected chi connectivity index (χ1v) is 20.5. The highest BCUT2D eigenvalue weighted by Crippen LogP contribution is 2.30. The molecule has 0 bridgehead atoms. The van der Waals surface area contributed by atoms with E-state index in [0.29, 0.717) is 47.7 Å². The minimum absolute atomic E-state index is 0.0813. The number of carbonyl (C=O) groups is 6. The van der Waals surface area contributed by atoms with Crippen molar-refractivity contribution in [1.82, 2.24) is 25.4 Å². The molecule has 322 valence electrons. The van der Waals surface area contributed by atoms with Crippen molar-refractivity contribution in [1.29, 1.82) is 0 Å². The molecule has 5 rings (SSSR count). The van der Waals surface area contributed by atoms with Gasteiger partial charge in [-0.2, -0.15) is 0 Å². The lowest BCUT2D eigenvalue weighted by atomic mass is 9.90. The van der Waals surface area contributed by atoms with E-state index >= 15 is 0 Å². The number of urea groups is 1. The van der Waals surface area contributed by atoms with Gasteiger partial charge in [0.05, 0.1) is 24.5 Å². The molecule has 15 nitrogen and oxygen atoms in total. The van der Waals surface area contributed by atoms with Crippen LogP contribution >= 0.6 is 0 Å². The molecule has 0 saturated carbocycles. The van der Waals surface area contributed by atoms with Gasteiger partial charge in [-0.25, -0.2) is 14.8 Å². The number of nitrogens with zero attached hydrogens (tertiary/aromatic N) is 6. The van der Waals surface area contributed by atoms with Crippen molar-refractivity contribution in [2.75, 3.05) is 25.0 Å². The molecule has 2 aliphatic heterocycles. The summed E-state index contributed by atoms with van der Waals surface area (Å²) in [6.07, 6.45) is 5.38. The van der Waals surface area contributed by atoms with Crippen LogP contribution in [-0.4, -0.2) is 100 Å². The number of amidine groups is 1. The zero-order valence-electron chi connectivity index (χ0n) is 36.3. The van der Waals surface area contributed by atoms with Crippen LogP contribution in [0, 0.1) is 25.7 Å². The SMILES string of the molecule is CC(=O)[C@@H](NC(=O)C(C)(C)NC(=O)[C@@H]1CCCN1C(=O)[C@@H](CC(=O)c1ccc(C)c(N2CC(=CN)C(=NC=Nc3ccc(C)nc3)N(C)C2=O)c1)Cc1ccccc1)C(C)C. The Balaban J connectivity index is 1.35. The highest BCUT2D eigenvalue weighted by molar-refractivity contribution is 6.17. The average Bonchev–Trinajstić information content (AvgIpc) is 3.72. The van der Waals surface area contributed by atoms with Gasteiger partial charge in [0.1, 0.15) is 23.8 Å².